The molecule has 0 spiro atoms. The van der Waals surface area contributed by atoms with Crippen molar-refractivity contribution in [2.24, 2.45) is 5.16 Å². The van der Waals surface area contributed by atoms with E-state index in [4.69, 9.17) is 9.94 Å². The van der Waals surface area contributed by atoms with Crippen LogP contribution in [0, 0.1) is 5.82 Å². The minimum Gasteiger partial charge on any atom is -0.491 e. The molecule has 21 heavy (non-hydrogen) atoms. The molecule has 6 heteroatoms. The molecular weight excluding hydrogens is 275 g/mol. The third kappa shape index (κ3) is 3.68. The molecular formula is C15H15FN2O3. The van der Waals surface area contributed by atoms with E-state index in [-0.39, 0.29) is 17.9 Å². The van der Waals surface area contributed by atoms with Crippen molar-refractivity contribution in [3.8, 4) is 5.75 Å². The molecule has 2 rings (SSSR count). The van der Waals surface area contributed by atoms with E-state index >= 15 is 0 Å². The van der Waals surface area contributed by atoms with Crippen LogP contribution in [0.25, 0.3) is 0 Å². The van der Waals surface area contributed by atoms with Gasteiger partial charge >= 0.3 is 0 Å². The fraction of sp³-hybridized carbons (Fsp3) is 0.200. The van der Waals surface area contributed by atoms with Crippen LogP contribution in [-0.2, 0) is 6.54 Å². The fourth-order valence-corrected chi connectivity index (χ4v) is 1.87. The Bertz CT molecular complexity index is 710. The number of hydrogen-bond donors (Lipinski definition) is 1. The molecule has 5 nitrogen and oxygen atoms in total. The predicted molar refractivity (Wildman–Crippen MR) is 76.6 cm³/mol. The van der Waals surface area contributed by atoms with Crippen molar-refractivity contribution in [1.29, 1.82) is 0 Å². The molecule has 110 valence electrons. The van der Waals surface area contributed by atoms with Crippen LogP contribution in [0.3, 0.4) is 0 Å². The molecule has 0 aliphatic rings. The number of oxime groups is 1. The van der Waals surface area contributed by atoms with Gasteiger partial charge in [-0.1, -0.05) is 11.2 Å². The van der Waals surface area contributed by atoms with Crippen molar-refractivity contribution < 1.29 is 14.3 Å². The van der Waals surface area contributed by atoms with Crippen LogP contribution >= 0.6 is 0 Å². The minimum absolute atomic E-state index is 0.131. The highest BCUT2D eigenvalue weighted by atomic mass is 19.1. The third-order valence-corrected chi connectivity index (χ3v) is 2.97. The summed E-state index contributed by atoms with van der Waals surface area (Å²) in [6.45, 7) is 2.12. The van der Waals surface area contributed by atoms with Gasteiger partial charge in [0, 0.05) is 23.9 Å². The molecule has 0 bridgehead atoms. The molecule has 0 fully saturated rings. The molecule has 1 aromatic heterocycles. The van der Waals surface area contributed by atoms with Crippen LogP contribution < -0.4 is 10.3 Å². The van der Waals surface area contributed by atoms with Crippen molar-refractivity contribution in [2.45, 2.75) is 13.5 Å². The van der Waals surface area contributed by atoms with Gasteiger partial charge in [0.2, 0.25) is 0 Å². The summed E-state index contributed by atoms with van der Waals surface area (Å²) in [5.41, 5.74) is 0.690. The van der Waals surface area contributed by atoms with Crippen molar-refractivity contribution in [1.82, 2.24) is 4.57 Å². The van der Waals surface area contributed by atoms with Gasteiger partial charge in [0.05, 0.1) is 12.3 Å². The molecule has 0 amide bonds. The van der Waals surface area contributed by atoms with Crippen molar-refractivity contribution in [2.75, 3.05) is 6.61 Å². The van der Waals surface area contributed by atoms with Crippen LogP contribution in [0.1, 0.15) is 12.5 Å². The summed E-state index contributed by atoms with van der Waals surface area (Å²) >= 11 is 0. The molecule has 0 atom stereocenters. The first-order valence-corrected chi connectivity index (χ1v) is 6.38. The number of hydrogen-bond acceptors (Lipinski definition) is 4. The zero-order valence-electron chi connectivity index (χ0n) is 11.5. The number of halogens is 1. The van der Waals surface area contributed by atoms with Crippen molar-refractivity contribution in [3.63, 3.8) is 0 Å². The van der Waals surface area contributed by atoms with Gasteiger partial charge in [-0.3, -0.25) is 4.79 Å². The number of aromatic nitrogens is 1. The maximum absolute atomic E-state index is 13.3. The molecule has 0 aliphatic carbocycles. The second-order valence-corrected chi connectivity index (χ2v) is 4.41. The Hall–Kier alpha value is -2.63. The van der Waals surface area contributed by atoms with Gasteiger partial charge in [0.15, 0.2) is 0 Å². The number of rotatable bonds is 5. The predicted octanol–water partition coefficient (Wildman–Crippen LogP) is 2.26. The number of pyridine rings is 1. The van der Waals surface area contributed by atoms with Crippen LogP contribution in [0.15, 0.2) is 52.5 Å². The van der Waals surface area contributed by atoms with E-state index < -0.39 is 5.82 Å². The SMILES string of the molecule is C/C(=N/O)c1ccc(F)cc1OCCn1ccccc1=O. The van der Waals surface area contributed by atoms with E-state index in [1.807, 2.05) is 0 Å². The Balaban J connectivity index is 2.11. The van der Waals surface area contributed by atoms with Gasteiger partial charge in [0.1, 0.15) is 18.2 Å². The molecule has 0 saturated heterocycles. The van der Waals surface area contributed by atoms with Gasteiger partial charge in [-0.15, -0.1) is 0 Å². The molecule has 1 aromatic carbocycles. The van der Waals surface area contributed by atoms with Crippen molar-refractivity contribution >= 4 is 5.71 Å². The lowest BCUT2D eigenvalue weighted by atomic mass is 10.1. The number of nitrogens with zero attached hydrogens (tertiary/aromatic N) is 2. The summed E-state index contributed by atoms with van der Waals surface area (Å²) in [6.07, 6.45) is 1.65. The number of ether oxygens (including phenoxy) is 1. The summed E-state index contributed by atoms with van der Waals surface area (Å²) in [5.74, 6) is -0.175. The average molecular weight is 290 g/mol. The molecule has 2 aromatic rings. The molecule has 0 saturated carbocycles. The lowest BCUT2D eigenvalue weighted by Crippen LogP contribution is -2.21. The highest BCUT2D eigenvalue weighted by molar-refractivity contribution is 6.00. The Morgan fingerprint density at radius 2 is 2.19 bits per heavy atom. The average Bonchev–Trinajstić information content (AvgIpc) is 2.48. The van der Waals surface area contributed by atoms with Gasteiger partial charge < -0.3 is 14.5 Å². The fourth-order valence-electron chi connectivity index (χ4n) is 1.87. The van der Waals surface area contributed by atoms with Gasteiger partial charge in [0.25, 0.3) is 5.56 Å². The van der Waals surface area contributed by atoms with Crippen molar-refractivity contribution in [3.05, 3.63) is 64.3 Å². The van der Waals surface area contributed by atoms with E-state index in [1.54, 1.807) is 25.3 Å². The highest BCUT2D eigenvalue weighted by Crippen LogP contribution is 2.21. The van der Waals surface area contributed by atoms with Gasteiger partial charge in [-0.2, -0.15) is 0 Å². The second-order valence-electron chi connectivity index (χ2n) is 4.41. The summed E-state index contributed by atoms with van der Waals surface area (Å²) in [4.78, 5) is 11.5. The standard InChI is InChI=1S/C15H15FN2O3/c1-11(17-20)13-6-5-12(16)10-14(13)21-9-8-18-7-3-2-4-15(18)19/h2-7,10,20H,8-9H2,1H3/b17-11-. The van der Waals surface area contributed by atoms with Gasteiger partial charge in [-0.05, 0) is 25.1 Å². The normalized spacial score (nSPS) is 11.4. The van der Waals surface area contributed by atoms with E-state index in [0.717, 1.165) is 0 Å². The van der Waals surface area contributed by atoms with E-state index in [1.165, 1.54) is 28.8 Å². The Morgan fingerprint density at radius 3 is 2.90 bits per heavy atom. The molecule has 1 N–H and O–H groups in total. The smallest absolute Gasteiger partial charge is 0.250 e. The van der Waals surface area contributed by atoms with E-state index in [2.05, 4.69) is 5.16 Å². The maximum Gasteiger partial charge on any atom is 0.250 e. The van der Waals surface area contributed by atoms with E-state index in [0.29, 0.717) is 17.8 Å². The van der Waals surface area contributed by atoms with Crippen LogP contribution in [0.5, 0.6) is 5.75 Å². The van der Waals surface area contributed by atoms with Crippen LogP contribution in [0.2, 0.25) is 0 Å². The summed E-state index contributed by atoms with van der Waals surface area (Å²) in [5, 5.41) is 11.9. The molecule has 0 radical (unpaired) electrons. The highest BCUT2D eigenvalue weighted by Gasteiger charge is 2.09. The molecule has 0 aliphatic heterocycles. The zero-order chi connectivity index (χ0) is 15.2. The Morgan fingerprint density at radius 1 is 1.38 bits per heavy atom. The first kappa shape index (κ1) is 14.8. The lowest BCUT2D eigenvalue weighted by molar-refractivity contribution is 0.293. The van der Waals surface area contributed by atoms with Gasteiger partial charge in [-0.25, -0.2) is 4.39 Å². The van der Waals surface area contributed by atoms with E-state index in [9.17, 15) is 9.18 Å². The Labute approximate surface area is 120 Å². The monoisotopic (exact) mass is 290 g/mol. The first-order chi connectivity index (χ1) is 10.1. The summed E-state index contributed by atoms with van der Waals surface area (Å²) in [6, 6.07) is 8.82. The minimum atomic E-state index is -0.448. The second kappa shape index (κ2) is 6.69. The Kier molecular flexibility index (Phi) is 4.71. The third-order valence-electron chi connectivity index (χ3n) is 2.97. The zero-order valence-corrected chi connectivity index (χ0v) is 11.5. The summed E-state index contributed by atoms with van der Waals surface area (Å²) in [7, 11) is 0. The number of benzene rings is 1. The van der Waals surface area contributed by atoms with Crippen LogP contribution in [0.4, 0.5) is 4.39 Å². The lowest BCUT2D eigenvalue weighted by Gasteiger charge is -2.11. The molecule has 1 heterocycles. The maximum atomic E-state index is 13.3. The quantitative estimate of drug-likeness (QED) is 0.522. The van der Waals surface area contributed by atoms with Crippen LogP contribution in [-0.4, -0.2) is 22.1 Å². The summed E-state index contributed by atoms with van der Waals surface area (Å²) < 4.78 is 20.3. The molecule has 0 unspecified atom stereocenters. The topological polar surface area (TPSA) is 63.8 Å². The first-order valence-electron chi connectivity index (χ1n) is 6.38. The largest absolute Gasteiger partial charge is 0.491 e.